The normalized spacial score (nSPS) is 14.6. The molecule has 0 aliphatic rings. The molecule has 1 heterocycles. The summed E-state index contributed by atoms with van der Waals surface area (Å²) < 4.78 is 37.6. The van der Waals surface area contributed by atoms with Gasteiger partial charge in [-0.1, -0.05) is 0 Å². The molecule has 0 fully saturated rings. The fraction of sp³-hybridized carbons (Fsp3) is 0.667. The molecule has 0 aliphatic carbocycles. The molecule has 1 atom stereocenters. The maximum atomic E-state index is 12.0. The third kappa shape index (κ3) is 3.23. The lowest BCUT2D eigenvalue weighted by Crippen LogP contribution is -2.30. The topological polar surface area (TPSA) is 38.0 Å². The molecule has 0 aromatic carbocycles. The van der Waals surface area contributed by atoms with Gasteiger partial charge in [-0.3, -0.25) is 4.68 Å². The molecule has 1 unspecified atom stereocenters. The number of aliphatic hydroxyl groups excluding tert-OH is 1. The van der Waals surface area contributed by atoms with Crippen molar-refractivity contribution < 1.29 is 18.3 Å². The minimum Gasteiger partial charge on any atom is -0.383 e. The molecule has 0 saturated carbocycles. The monoisotopic (exact) mass is 222 g/mol. The Bertz CT molecular complexity index is 319. The molecule has 86 valence electrons. The highest BCUT2D eigenvalue weighted by Gasteiger charge is 2.38. The summed E-state index contributed by atoms with van der Waals surface area (Å²) in [5.74, 6) is 0. The van der Waals surface area contributed by atoms with Crippen LogP contribution in [0, 0.1) is 0 Å². The number of rotatable bonds is 3. The van der Waals surface area contributed by atoms with Gasteiger partial charge in [-0.25, -0.2) is 0 Å². The lowest BCUT2D eigenvalue weighted by molar-refractivity contribution is -0.203. The van der Waals surface area contributed by atoms with E-state index >= 15 is 0 Å². The maximum absolute atomic E-state index is 12.0. The van der Waals surface area contributed by atoms with Crippen LogP contribution in [-0.4, -0.2) is 27.2 Å². The molecule has 3 nitrogen and oxygen atoms in total. The third-order valence-corrected chi connectivity index (χ3v) is 1.97. The molecule has 0 radical (unpaired) electrons. The number of hydrogen-bond donors (Lipinski definition) is 1. The van der Waals surface area contributed by atoms with Crippen LogP contribution in [0.25, 0.3) is 0 Å². The summed E-state index contributed by atoms with van der Waals surface area (Å²) in [5, 5.41) is 12.7. The maximum Gasteiger partial charge on any atom is 0.414 e. The lowest BCUT2D eigenvalue weighted by atomic mass is 10.2. The molecule has 0 saturated heterocycles. The fourth-order valence-corrected chi connectivity index (χ4v) is 1.09. The molecule has 0 aliphatic heterocycles. The van der Waals surface area contributed by atoms with Gasteiger partial charge in [-0.2, -0.15) is 18.3 Å². The van der Waals surface area contributed by atoms with E-state index in [1.54, 1.807) is 10.9 Å². The number of alkyl halides is 3. The number of nitrogens with zero attached hydrogens (tertiary/aromatic N) is 2. The van der Waals surface area contributed by atoms with Gasteiger partial charge in [0.2, 0.25) is 0 Å². The predicted molar refractivity (Wildman–Crippen MR) is 48.4 cm³/mol. The standard InChI is InChI=1S/C9H13F3N2O/c1-6(2)14-4-3-7(13-14)5-8(15)9(10,11)12/h3-4,6,8,15H,5H2,1-2H3. The van der Waals surface area contributed by atoms with E-state index in [1.165, 1.54) is 6.07 Å². The molecule has 1 aromatic heterocycles. The van der Waals surface area contributed by atoms with Crippen LogP contribution in [0.1, 0.15) is 25.6 Å². The zero-order valence-corrected chi connectivity index (χ0v) is 8.49. The van der Waals surface area contributed by atoms with Crippen LogP contribution in [-0.2, 0) is 6.42 Å². The van der Waals surface area contributed by atoms with E-state index in [0.29, 0.717) is 0 Å². The van der Waals surface area contributed by atoms with Crippen molar-refractivity contribution in [3.63, 3.8) is 0 Å². The summed E-state index contributed by atoms with van der Waals surface area (Å²) in [7, 11) is 0. The average molecular weight is 222 g/mol. The summed E-state index contributed by atoms with van der Waals surface area (Å²) in [6, 6.07) is 1.58. The first-order valence-corrected chi connectivity index (χ1v) is 4.59. The Morgan fingerprint density at radius 2 is 2.07 bits per heavy atom. The van der Waals surface area contributed by atoms with Crippen molar-refractivity contribution >= 4 is 0 Å². The Hall–Kier alpha value is -1.04. The lowest BCUT2D eigenvalue weighted by Gasteiger charge is -2.12. The Kier molecular flexibility index (Phi) is 3.38. The van der Waals surface area contributed by atoms with Crippen LogP contribution in [0.3, 0.4) is 0 Å². The van der Waals surface area contributed by atoms with E-state index in [0.717, 1.165) is 0 Å². The minimum absolute atomic E-state index is 0.0989. The number of halogens is 3. The van der Waals surface area contributed by atoms with Gasteiger partial charge in [0, 0.05) is 18.7 Å². The van der Waals surface area contributed by atoms with Gasteiger partial charge in [-0.15, -0.1) is 0 Å². The second kappa shape index (κ2) is 4.22. The van der Waals surface area contributed by atoms with Crippen LogP contribution in [0.15, 0.2) is 12.3 Å². The largest absolute Gasteiger partial charge is 0.414 e. The highest BCUT2D eigenvalue weighted by Crippen LogP contribution is 2.22. The smallest absolute Gasteiger partial charge is 0.383 e. The molecule has 0 spiro atoms. The number of hydrogen-bond acceptors (Lipinski definition) is 2. The van der Waals surface area contributed by atoms with Crippen LogP contribution < -0.4 is 0 Å². The first kappa shape index (κ1) is 12.0. The van der Waals surface area contributed by atoms with Gasteiger partial charge >= 0.3 is 6.18 Å². The number of aromatic nitrogens is 2. The van der Waals surface area contributed by atoms with Gasteiger partial charge in [-0.05, 0) is 19.9 Å². The zero-order chi connectivity index (χ0) is 11.6. The van der Waals surface area contributed by atoms with Crippen molar-refractivity contribution in [2.75, 3.05) is 0 Å². The first-order chi connectivity index (χ1) is 6.80. The molecular formula is C9H13F3N2O. The summed E-state index contributed by atoms with van der Waals surface area (Å²) in [6.45, 7) is 3.74. The second-order valence-corrected chi connectivity index (χ2v) is 3.64. The van der Waals surface area contributed by atoms with E-state index in [-0.39, 0.29) is 11.7 Å². The van der Waals surface area contributed by atoms with Gasteiger partial charge in [0.1, 0.15) is 0 Å². The number of aliphatic hydroxyl groups is 1. The van der Waals surface area contributed by atoms with Crippen LogP contribution >= 0.6 is 0 Å². The van der Waals surface area contributed by atoms with Gasteiger partial charge in [0.15, 0.2) is 6.10 Å². The van der Waals surface area contributed by atoms with Crippen molar-refractivity contribution in [3.8, 4) is 0 Å². The Labute approximate surface area is 85.5 Å². The minimum atomic E-state index is -4.58. The van der Waals surface area contributed by atoms with Gasteiger partial charge in [0.05, 0.1) is 5.69 Å². The molecular weight excluding hydrogens is 209 g/mol. The average Bonchev–Trinajstić information content (AvgIpc) is 2.50. The summed E-state index contributed by atoms with van der Waals surface area (Å²) in [5.41, 5.74) is 0.244. The summed E-state index contributed by atoms with van der Waals surface area (Å²) in [6.07, 6.45) is -5.82. The van der Waals surface area contributed by atoms with E-state index in [9.17, 15) is 13.2 Å². The van der Waals surface area contributed by atoms with Gasteiger partial charge < -0.3 is 5.11 Å². The molecule has 0 bridgehead atoms. The van der Waals surface area contributed by atoms with Crippen molar-refractivity contribution in [2.24, 2.45) is 0 Å². The molecule has 15 heavy (non-hydrogen) atoms. The van der Waals surface area contributed by atoms with Crippen LogP contribution in [0.5, 0.6) is 0 Å². The van der Waals surface area contributed by atoms with Crippen molar-refractivity contribution in [3.05, 3.63) is 18.0 Å². The SMILES string of the molecule is CC(C)n1ccc(CC(O)C(F)(F)F)n1. The molecule has 6 heteroatoms. The predicted octanol–water partition coefficient (Wildman–Crippen LogP) is 1.93. The quantitative estimate of drug-likeness (QED) is 0.848. The van der Waals surface area contributed by atoms with E-state index in [1.807, 2.05) is 13.8 Å². The molecule has 0 amide bonds. The third-order valence-electron chi connectivity index (χ3n) is 1.97. The Morgan fingerprint density at radius 1 is 1.47 bits per heavy atom. The molecule has 1 aromatic rings. The first-order valence-electron chi connectivity index (χ1n) is 4.59. The highest BCUT2D eigenvalue weighted by molar-refractivity contribution is 5.01. The van der Waals surface area contributed by atoms with Crippen molar-refractivity contribution in [1.29, 1.82) is 0 Å². The van der Waals surface area contributed by atoms with E-state index in [2.05, 4.69) is 5.10 Å². The van der Waals surface area contributed by atoms with Crippen LogP contribution in [0.2, 0.25) is 0 Å². The summed E-state index contributed by atoms with van der Waals surface area (Å²) in [4.78, 5) is 0. The van der Waals surface area contributed by atoms with Crippen LogP contribution in [0.4, 0.5) is 13.2 Å². The van der Waals surface area contributed by atoms with E-state index in [4.69, 9.17) is 5.11 Å². The zero-order valence-electron chi connectivity index (χ0n) is 8.49. The van der Waals surface area contributed by atoms with Gasteiger partial charge in [0.25, 0.3) is 0 Å². The van der Waals surface area contributed by atoms with E-state index < -0.39 is 18.7 Å². The fourth-order valence-electron chi connectivity index (χ4n) is 1.09. The van der Waals surface area contributed by atoms with Crippen molar-refractivity contribution in [1.82, 2.24) is 9.78 Å². The molecule has 1 rings (SSSR count). The highest BCUT2D eigenvalue weighted by atomic mass is 19.4. The van der Waals surface area contributed by atoms with Crippen molar-refractivity contribution in [2.45, 2.75) is 38.6 Å². The Balaban J connectivity index is 2.65. The summed E-state index contributed by atoms with van der Waals surface area (Å²) >= 11 is 0. The molecule has 1 N–H and O–H groups in total. The Morgan fingerprint density at radius 3 is 2.47 bits per heavy atom. The second-order valence-electron chi connectivity index (χ2n) is 3.64.